The third kappa shape index (κ3) is 4.27. The SMILES string of the molecule is CC(C)=C[C@H]1[C@@H](C(=O)N2CCN(S(=O)(=O)Cc3ccccc3)CC2)C1(C)C. The zero-order valence-corrected chi connectivity index (χ0v) is 17.5. The zero-order chi connectivity index (χ0) is 19.8. The second-order valence-electron chi connectivity index (χ2n) is 8.53. The minimum absolute atomic E-state index is 0.00905. The van der Waals surface area contributed by atoms with E-state index in [4.69, 9.17) is 0 Å². The average Bonchev–Trinajstić information content (AvgIpc) is 3.14. The van der Waals surface area contributed by atoms with Crippen molar-refractivity contribution in [3.8, 4) is 0 Å². The summed E-state index contributed by atoms with van der Waals surface area (Å²) in [4.78, 5) is 14.8. The second kappa shape index (κ2) is 7.40. The van der Waals surface area contributed by atoms with E-state index in [1.165, 1.54) is 9.88 Å². The van der Waals surface area contributed by atoms with Gasteiger partial charge in [0.1, 0.15) is 0 Å². The van der Waals surface area contributed by atoms with Crippen molar-refractivity contribution in [2.75, 3.05) is 26.2 Å². The Morgan fingerprint density at radius 1 is 1.11 bits per heavy atom. The van der Waals surface area contributed by atoms with Crippen molar-refractivity contribution in [1.82, 2.24) is 9.21 Å². The monoisotopic (exact) mass is 390 g/mol. The van der Waals surface area contributed by atoms with Crippen LogP contribution in [0.4, 0.5) is 0 Å². The van der Waals surface area contributed by atoms with Crippen LogP contribution in [0.1, 0.15) is 33.3 Å². The van der Waals surface area contributed by atoms with E-state index >= 15 is 0 Å². The number of rotatable bonds is 5. The smallest absolute Gasteiger partial charge is 0.226 e. The van der Waals surface area contributed by atoms with Gasteiger partial charge in [-0.05, 0) is 30.7 Å². The largest absolute Gasteiger partial charge is 0.340 e. The van der Waals surface area contributed by atoms with Crippen molar-refractivity contribution in [2.24, 2.45) is 17.3 Å². The first-order chi connectivity index (χ1) is 12.6. The summed E-state index contributed by atoms with van der Waals surface area (Å²) in [6.07, 6.45) is 2.20. The lowest BCUT2D eigenvalue weighted by molar-refractivity contribution is -0.134. The Labute approximate surface area is 163 Å². The molecule has 0 N–H and O–H groups in total. The fourth-order valence-corrected chi connectivity index (χ4v) is 5.59. The number of carbonyl (C=O) groups is 1. The number of allylic oxidation sites excluding steroid dienone is 2. The molecule has 1 aromatic carbocycles. The summed E-state index contributed by atoms with van der Waals surface area (Å²) in [7, 11) is -3.35. The Hall–Kier alpha value is -1.66. The Morgan fingerprint density at radius 3 is 2.26 bits per heavy atom. The fourth-order valence-electron chi connectivity index (χ4n) is 4.08. The third-order valence-electron chi connectivity index (χ3n) is 5.83. The first-order valence-electron chi connectivity index (χ1n) is 9.58. The van der Waals surface area contributed by atoms with Crippen LogP contribution in [0.25, 0.3) is 0 Å². The summed E-state index contributed by atoms with van der Waals surface area (Å²) in [6, 6.07) is 9.23. The van der Waals surface area contributed by atoms with Crippen molar-refractivity contribution in [3.05, 3.63) is 47.5 Å². The number of sulfonamides is 1. The van der Waals surface area contributed by atoms with Crippen molar-refractivity contribution in [3.63, 3.8) is 0 Å². The van der Waals surface area contributed by atoms with E-state index < -0.39 is 10.0 Å². The molecule has 3 rings (SSSR count). The summed E-state index contributed by atoms with van der Waals surface area (Å²) in [5.74, 6) is 0.484. The first kappa shape index (κ1) is 20.1. The second-order valence-corrected chi connectivity index (χ2v) is 10.5. The molecule has 1 aliphatic heterocycles. The van der Waals surface area contributed by atoms with E-state index in [1.807, 2.05) is 35.2 Å². The van der Waals surface area contributed by atoms with Crippen molar-refractivity contribution < 1.29 is 13.2 Å². The molecule has 2 fully saturated rings. The molecule has 0 unspecified atom stereocenters. The standard InChI is InChI=1S/C21H30N2O3S/c1-16(2)14-18-19(21(18,3)4)20(24)22-10-12-23(13-11-22)27(25,26)15-17-8-6-5-7-9-17/h5-9,14,18-19H,10-13,15H2,1-4H3/t18-,19-/m0/s1. The van der Waals surface area contributed by atoms with Crippen LogP contribution in [0.2, 0.25) is 0 Å². The van der Waals surface area contributed by atoms with Gasteiger partial charge in [0.2, 0.25) is 15.9 Å². The molecular formula is C21H30N2O3S. The van der Waals surface area contributed by atoms with Crippen LogP contribution >= 0.6 is 0 Å². The fraction of sp³-hybridized carbons (Fsp3) is 0.571. The van der Waals surface area contributed by atoms with Crippen molar-refractivity contribution in [1.29, 1.82) is 0 Å². The maximum absolute atomic E-state index is 12.9. The van der Waals surface area contributed by atoms with Gasteiger partial charge in [-0.2, -0.15) is 4.31 Å². The van der Waals surface area contributed by atoms with Gasteiger partial charge >= 0.3 is 0 Å². The molecule has 1 saturated carbocycles. The molecule has 1 saturated heterocycles. The lowest BCUT2D eigenvalue weighted by atomic mass is 10.1. The molecule has 27 heavy (non-hydrogen) atoms. The highest BCUT2D eigenvalue weighted by Crippen LogP contribution is 2.60. The summed E-state index contributed by atoms with van der Waals surface area (Å²) in [6.45, 7) is 10.1. The van der Waals surface area contributed by atoms with E-state index in [-0.39, 0.29) is 28.9 Å². The van der Waals surface area contributed by atoms with Gasteiger partial charge in [0, 0.05) is 26.2 Å². The molecule has 2 aliphatic rings. The van der Waals surface area contributed by atoms with Gasteiger partial charge in [-0.3, -0.25) is 4.79 Å². The van der Waals surface area contributed by atoms with Crippen LogP contribution in [0.3, 0.4) is 0 Å². The lowest BCUT2D eigenvalue weighted by Gasteiger charge is -2.34. The van der Waals surface area contributed by atoms with E-state index in [2.05, 4.69) is 33.8 Å². The predicted molar refractivity (Wildman–Crippen MR) is 107 cm³/mol. The molecule has 0 spiro atoms. The number of piperazine rings is 1. The van der Waals surface area contributed by atoms with Crippen molar-refractivity contribution >= 4 is 15.9 Å². The average molecular weight is 391 g/mol. The normalized spacial score (nSPS) is 25.1. The quantitative estimate of drug-likeness (QED) is 0.727. The minimum atomic E-state index is -3.35. The van der Waals surface area contributed by atoms with Gasteiger partial charge in [-0.15, -0.1) is 0 Å². The highest BCUT2D eigenvalue weighted by Gasteiger charge is 2.61. The first-order valence-corrected chi connectivity index (χ1v) is 11.2. The Morgan fingerprint density at radius 2 is 1.70 bits per heavy atom. The number of amides is 1. The minimum Gasteiger partial charge on any atom is -0.340 e. The number of hydrogen-bond acceptors (Lipinski definition) is 3. The van der Waals surface area contributed by atoms with Gasteiger partial charge in [-0.25, -0.2) is 8.42 Å². The Kier molecular flexibility index (Phi) is 5.50. The maximum Gasteiger partial charge on any atom is 0.226 e. The van der Waals surface area contributed by atoms with E-state index in [1.54, 1.807) is 0 Å². The Balaban J connectivity index is 1.59. The van der Waals surface area contributed by atoms with Crippen LogP contribution in [0.15, 0.2) is 42.0 Å². The summed E-state index contributed by atoms with van der Waals surface area (Å²) >= 11 is 0. The molecule has 1 amide bonds. The van der Waals surface area contributed by atoms with E-state index in [0.717, 1.165) is 5.56 Å². The summed E-state index contributed by atoms with van der Waals surface area (Å²) < 4.78 is 26.9. The number of hydrogen-bond donors (Lipinski definition) is 0. The highest BCUT2D eigenvalue weighted by molar-refractivity contribution is 7.88. The predicted octanol–water partition coefficient (Wildman–Crippen LogP) is 2.90. The van der Waals surface area contributed by atoms with Crippen LogP contribution in [-0.2, 0) is 20.6 Å². The molecular weight excluding hydrogens is 360 g/mol. The molecule has 0 radical (unpaired) electrons. The topological polar surface area (TPSA) is 57.7 Å². The molecule has 2 atom stereocenters. The van der Waals surface area contributed by atoms with Gasteiger partial charge in [-0.1, -0.05) is 55.8 Å². The molecule has 0 aromatic heterocycles. The van der Waals surface area contributed by atoms with Crippen molar-refractivity contribution in [2.45, 2.75) is 33.4 Å². The van der Waals surface area contributed by atoms with Gasteiger partial charge < -0.3 is 4.90 Å². The van der Waals surface area contributed by atoms with Crippen LogP contribution < -0.4 is 0 Å². The summed E-state index contributed by atoms with van der Waals surface area (Å²) in [5.41, 5.74) is 2.02. The third-order valence-corrected chi connectivity index (χ3v) is 7.68. The van der Waals surface area contributed by atoms with Gasteiger partial charge in [0.05, 0.1) is 11.7 Å². The van der Waals surface area contributed by atoms with E-state index in [0.29, 0.717) is 26.2 Å². The highest BCUT2D eigenvalue weighted by atomic mass is 32.2. The summed E-state index contributed by atoms with van der Waals surface area (Å²) in [5, 5.41) is 0. The van der Waals surface area contributed by atoms with Crippen LogP contribution in [0.5, 0.6) is 0 Å². The molecule has 148 valence electrons. The zero-order valence-electron chi connectivity index (χ0n) is 16.7. The molecule has 5 nitrogen and oxygen atoms in total. The van der Waals surface area contributed by atoms with Gasteiger partial charge in [0.25, 0.3) is 0 Å². The van der Waals surface area contributed by atoms with Crippen LogP contribution in [-0.4, -0.2) is 49.7 Å². The lowest BCUT2D eigenvalue weighted by Crippen LogP contribution is -2.51. The van der Waals surface area contributed by atoms with Crippen LogP contribution in [0, 0.1) is 17.3 Å². The maximum atomic E-state index is 12.9. The molecule has 1 heterocycles. The number of nitrogens with zero attached hydrogens (tertiary/aromatic N) is 2. The molecule has 0 bridgehead atoms. The number of carbonyl (C=O) groups excluding carboxylic acids is 1. The molecule has 6 heteroatoms. The van der Waals surface area contributed by atoms with Gasteiger partial charge in [0.15, 0.2) is 0 Å². The van der Waals surface area contributed by atoms with E-state index in [9.17, 15) is 13.2 Å². The molecule has 1 aliphatic carbocycles. The Bertz CT molecular complexity index is 818. The molecule has 1 aromatic rings. The number of benzene rings is 1.